The minimum absolute atomic E-state index is 0.0460. The maximum absolute atomic E-state index is 14.2. The molecule has 100 heavy (non-hydrogen) atoms. The van der Waals surface area contributed by atoms with Crippen LogP contribution in [0, 0.1) is 18.6 Å². The maximum atomic E-state index is 14.2. The molecule has 0 aliphatic rings. The maximum Gasteiger partial charge on any atom is 0.416 e. The molecule has 7 heterocycles. The summed E-state index contributed by atoms with van der Waals surface area (Å²) in [6.07, 6.45) is 9.57. The minimum atomic E-state index is -4.86. The monoisotopic (exact) mass is 1370 g/mol. The molecule has 3 N–H and O–H groups in total. The number of aromatic nitrogens is 15. The molecule has 0 aliphatic heterocycles. The van der Waals surface area contributed by atoms with Gasteiger partial charge in [-0.2, -0.15) is 33.6 Å². The Labute approximate surface area is 569 Å². The fourth-order valence-electron chi connectivity index (χ4n) is 10.8. The van der Waals surface area contributed by atoms with Crippen molar-refractivity contribution in [2.75, 3.05) is 69.4 Å². The summed E-state index contributed by atoms with van der Waals surface area (Å²) in [6, 6.07) is 29.9. The first-order valence-corrected chi connectivity index (χ1v) is 31.0. The van der Waals surface area contributed by atoms with E-state index in [1.54, 1.807) is 108 Å². The molecule has 7 aromatic heterocycles. The van der Waals surface area contributed by atoms with Crippen LogP contribution in [-0.2, 0) is 27.7 Å². The zero-order valence-electron chi connectivity index (χ0n) is 55.5. The Kier molecular flexibility index (Phi) is 21.4. The third kappa shape index (κ3) is 16.8. The topological polar surface area (TPSA) is 269 Å². The van der Waals surface area contributed by atoms with Crippen molar-refractivity contribution in [1.29, 1.82) is 0 Å². The van der Waals surface area contributed by atoms with E-state index in [1.807, 2.05) is 74.5 Å². The lowest BCUT2D eigenvalue weighted by molar-refractivity contribution is -0.199. The van der Waals surface area contributed by atoms with Crippen LogP contribution in [0.4, 0.5) is 56.1 Å². The first-order chi connectivity index (χ1) is 48.1. The third-order valence-corrected chi connectivity index (χ3v) is 15.9. The highest BCUT2D eigenvalue weighted by molar-refractivity contribution is 5.85. The second-order valence-corrected chi connectivity index (χ2v) is 22.9. The van der Waals surface area contributed by atoms with Crippen LogP contribution in [0.25, 0.3) is 66.9 Å². The van der Waals surface area contributed by atoms with Gasteiger partial charge in [0, 0.05) is 146 Å². The molecule has 25 nitrogen and oxygen atoms in total. The van der Waals surface area contributed by atoms with Crippen LogP contribution in [-0.4, -0.2) is 162 Å². The molecule has 30 heteroatoms. The average molecular weight is 1370 g/mol. The van der Waals surface area contributed by atoms with Crippen molar-refractivity contribution in [2.24, 2.45) is 21.1 Å². The smallest absolute Gasteiger partial charge is 0.416 e. The van der Waals surface area contributed by atoms with E-state index in [0.29, 0.717) is 50.6 Å². The number of hydrogen-bond acceptors (Lipinski definition) is 21. The molecule has 6 aromatic carbocycles. The van der Waals surface area contributed by atoms with E-state index in [2.05, 4.69) is 62.3 Å². The van der Waals surface area contributed by atoms with Crippen molar-refractivity contribution in [2.45, 2.75) is 38.3 Å². The molecule has 2 atom stereocenters. The molecule has 0 bridgehead atoms. The number of halogens is 5. The summed E-state index contributed by atoms with van der Waals surface area (Å²) in [7, 11) is 11.6. The molecular formula is C70H69F5N18O7. The van der Waals surface area contributed by atoms with E-state index in [4.69, 9.17) is 28.9 Å². The molecule has 0 spiro atoms. The summed E-state index contributed by atoms with van der Waals surface area (Å²) in [5.74, 6) is 1.64. The SMILES string of the molecule is COc1cc(F)cc(N(C[C@@H](O)CO)c2ccc3ncc(-c4cnn(C)c4)nc3c2)c1.COc1cc(F)cc(N(C[C@H](O)C(F)(F)F)c2ccc3ncc(-c4cnn(C)c4)nc3c2)c1.COc1cc(OC)cc(N(CCCn2ncnc2C)c2ccc3ncc(-c4cnn(C)c4)nc3c2)c1. The number of ether oxygens (including phenoxy) is 4. The number of aliphatic hydroxyl groups excluding tert-OH is 3. The molecule has 0 saturated heterocycles. The predicted molar refractivity (Wildman–Crippen MR) is 366 cm³/mol. The van der Waals surface area contributed by atoms with Gasteiger partial charge < -0.3 is 49.0 Å². The van der Waals surface area contributed by atoms with Crippen molar-refractivity contribution in [3.63, 3.8) is 0 Å². The van der Waals surface area contributed by atoms with Gasteiger partial charge >= 0.3 is 6.18 Å². The molecule has 13 rings (SSSR count). The van der Waals surface area contributed by atoms with Gasteiger partial charge in [-0.05, 0) is 80.1 Å². The van der Waals surface area contributed by atoms with Crippen molar-refractivity contribution in [1.82, 2.24) is 74.0 Å². The molecule has 0 fully saturated rings. The van der Waals surface area contributed by atoms with Gasteiger partial charge in [0.15, 0.2) is 6.10 Å². The van der Waals surface area contributed by atoms with E-state index in [9.17, 15) is 37.3 Å². The molecule has 0 amide bonds. The van der Waals surface area contributed by atoms with Crippen LogP contribution < -0.4 is 33.6 Å². The van der Waals surface area contributed by atoms with Gasteiger partial charge in [-0.25, -0.2) is 28.7 Å². The first-order valence-electron chi connectivity index (χ1n) is 31.0. The largest absolute Gasteiger partial charge is 0.497 e. The first kappa shape index (κ1) is 69.6. The number of rotatable bonds is 22. The van der Waals surface area contributed by atoms with Crippen molar-refractivity contribution < 1.29 is 56.2 Å². The highest BCUT2D eigenvalue weighted by atomic mass is 19.4. The molecular weight excluding hydrogens is 1300 g/mol. The molecule has 0 saturated carbocycles. The van der Waals surface area contributed by atoms with Gasteiger partial charge in [0.25, 0.3) is 0 Å². The van der Waals surface area contributed by atoms with Crippen LogP contribution >= 0.6 is 0 Å². The fourth-order valence-corrected chi connectivity index (χ4v) is 10.8. The zero-order valence-corrected chi connectivity index (χ0v) is 55.5. The Hall–Kier alpha value is -11.8. The number of alkyl halides is 3. The van der Waals surface area contributed by atoms with Crippen LogP contribution in [0.3, 0.4) is 0 Å². The predicted octanol–water partition coefficient (Wildman–Crippen LogP) is 11.1. The number of methoxy groups -OCH3 is 4. The van der Waals surface area contributed by atoms with Gasteiger partial charge in [-0.1, -0.05) is 0 Å². The Bertz CT molecular complexity index is 4950. The van der Waals surface area contributed by atoms with Gasteiger partial charge in [-0.15, -0.1) is 0 Å². The highest BCUT2D eigenvalue weighted by Gasteiger charge is 2.40. The lowest BCUT2D eigenvalue weighted by atomic mass is 10.1. The van der Waals surface area contributed by atoms with E-state index >= 15 is 0 Å². The molecule has 0 unspecified atom stereocenters. The average Bonchev–Trinajstić information content (AvgIpc) is 0.994. The Morgan fingerprint density at radius 2 is 0.850 bits per heavy atom. The van der Waals surface area contributed by atoms with Gasteiger partial charge in [-0.3, -0.25) is 33.7 Å². The number of benzene rings is 6. The summed E-state index contributed by atoms with van der Waals surface area (Å²) in [5.41, 5.74) is 11.8. The minimum Gasteiger partial charge on any atom is -0.497 e. The van der Waals surface area contributed by atoms with Gasteiger partial charge in [0.05, 0.1) is 142 Å². The second kappa shape index (κ2) is 30.8. The third-order valence-electron chi connectivity index (χ3n) is 15.9. The normalized spacial score (nSPS) is 12.0. The van der Waals surface area contributed by atoms with Gasteiger partial charge in [0.1, 0.15) is 46.8 Å². The number of aliphatic hydroxyl groups is 3. The summed E-state index contributed by atoms with van der Waals surface area (Å²) in [4.78, 5) is 36.9. The number of aryl methyl sites for hydroxylation is 5. The molecule has 0 radical (unpaired) electrons. The van der Waals surface area contributed by atoms with Gasteiger partial charge in [0.2, 0.25) is 0 Å². The number of hydrogen-bond donors (Lipinski definition) is 3. The number of nitrogens with zero attached hydrogens (tertiary/aromatic N) is 18. The summed E-state index contributed by atoms with van der Waals surface area (Å²) in [6.45, 7) is 2.20. The Balaban J connectivity index is 0.000000152. The summed E-state index contributed by atoms with van der Waals surface area (Å²) in [5, 5.41) is 46.1. The van der Waals surface area contributed by atoms with Crippen LogP contribution in [0.15, 0.2) is 171 Å². The summed E-state index contributed by atoms with van der Waals surface area (Å²) < 4.78 is 96.0. The van der Waals surface area contributed by atoms with E-state index in [-0.39, 0.29) is 23.7 Å². The van der Waals surface area contributed by atoms with Crippen molar-refractivity contribution >= 4 is 67.2 Å². The lowest BCUT2D eigenvalue weighted by Crippen LogP contribution is -2.39. The van der Waals surface area contributed by atoms with Crippen LogP contribution in [0.1, 0.15) is 12.2 Å². The molecule has 0 aliphatic carbocycles. The van der Waals surface area contributed by atoms with E-state index in [1.165, 1.54) is 44.6 Å². The van der Waals surface area contributed by atoms with Crippen LogP contribution in [0.2, 0.25) is 0 Å². The lowest BCUT2D eigenvalue weighted by Gasteiger charge is -2.28. The molecule has 516 valence electrons. The van der Waals surface area contributed by atoms with Crippen LogP contribution in [0.5, 0.6) is 23.0 Å². The number of fused-ring (bicyclic) bond motifs is 3. The van der Waals surface area contributed by atoms with Crippen molar-refractivity contribution in [3.05, 3.63) is 189 Å². The zero-order chi connectivity index (χ0) is 70.8. The second-order valence-electron chi connectivity index (χ2n) is 22.9. The Morgan fingerprint density at radius 3 is 1.21 bits per heavy atom. The van der Waals surface area contributed by atoms with Crippen molar-refractivity contribution in [3.8, 4) is 56.8 Å². The molecule has 13 aromatic rings. The van der Waals surface area contributed by atoms with E-state index in [0.717, 1.165) is 98.7 Å². The van der Waals surface area contributed by atoms with E-state index < -0.39 is 43.2 Å². The summed E-state index contributed by atoms with van der Waals surface area (Å²) >= 11 is 0. The fraction of sp³-hybridized carbons (Fsp3) is 0.243. The highest BCUT2D eigenvalue weighted by Crippen LogP contribution is 2.38. The standard InChI is InChI=1S/C26H28N8O2.C22H19F4N5O2.C22H22FN5O3/c1-18-28-17-30-34(18)9-5-8-33(21-10-22(35-3)13-23(11-21)36-4)20-6-7-24-25(12-20)31-26(15-27-24)19-14-29-32(2)16-19;1-30-11-13(9-28-30)20-10-27-18-4-3-15(8-19(18)29-20)31(12-21(32)22(24,25)26)16-5-14(23)6-17(7-16)33-2;1-27-11-14(9-25-27)22-10-24-20-4-3-16(8-21(20)26-22)28(12-18(30)13-29)17-5-15(23)6-19(7-17)31-2/h6-7,10-17H,5,8-9H2,1-4H3;3-11,21,32H,12H2,1-2H3;3-11,18,29-30H,12-13H2,1-2H3/t;21-;18-/m.01/s1. The Morgan fingerprint density at radius 1 is 0.460 bits per heavy atom. The quantitative estimate of drug-likeness (QED) is 0.0532. The number of anilines is 6.